The summed E-state index contributed by atoms with van der Waals surface area (Å²) in [5, 5.41) is 0. The molecule has 0 saturated carbocycles. The molecule has 0 bridgehead atoms. The number of carbonyl (C=O) groups excluding carboxylic acids is 1. The van der Waals surface area contributed by atoms with E-state index in [1.165, 1.54) is 4.90 Å². The van der Waals surface area contributed by atoms with Gasteiger partial charge in [-0.2, -0.15) is 0 Å². The smallest absolute Gasteiger partial charge is 0.223 e. The molecule has 114 valence electrons. The van der Waals surface area contributed by atoms with E-state index in [4.69, 9.17) is 5.73 Å². The third-order valence-corrected chi connectivity index (χ3v) is 4.66. The largest absolute Gasteiger partial charge is 0.368 e. The van der Waals surface area contributed by atoms with E-state index < -0.39 is 0 Å². The number of carbonyl (C=O) groups is 1. The molecule has 22 heavy (non-hydrogen) atoms. The van der Waals surface area contributed by atoms with E-state index in [9.17, 15) is 4.79 Å². The Labute approximate surface area is 133 Å². The summed E-state index contributed by atoms with van der Waals surface area (Å²) in [4.78, 5) is 23.6. The minimum atomic E-state index is 0.172. The topological polar surface area (TPSA) is 72.1 Å². The molecule has 1 aliphatic heterocycles. The first-order chi connectivity index (χ1) is 10.7. The zero-order valence-corrected chi connectivity index (χ0v) is 13.1. The number of aromatic nitrogens is 2. The summed E-state index contributed by atoms with van der Waals surface area (Å²) >= 11 is 1.71. The van der Waals surface area contributed by atoms with E-state index in [1.54, 1.807) is 18.0 Å². The Morgan fingerprint density at radius 3 is 2.95 bits per heavy atom. The van der Waals surface area contributed by atoms with Gasteiger partial charge < -0.3 is 10.6 Å². The van der Waals surface area contributed by atoms with Crippen LogP contribution in [0.1, 0.15) is 17.7 Å². The Morgan fingerprint density at radius 2 is 2.14 bits per heavy atom. The molecule has 2 aromatic rings. The molecule has 6 heteroatoms. The van der Waals surface area contributed by atoms with E-state index in [0.717, 1.165) is 30.0 Å². The average molecular weight is 314 g/mol. The van der Waals surface area contributed by atoms with Crippen LogP contribution in [-0.4, -0.2) is 33.1 Å². The summed E-state index contributed by atoms with van der Waals surface area (Å²) in [6, 6.07) is 10.1. The third kappa shape index (κ3) is 3.57. The molecule has 0 saturated heterocycles. The second-order valence-electron chi connectivity index (χ2n) is 5.18. The van der Waals surface area contributed by atoms with E-state index in [0.29, 0.717) is 13.0 Å². The molecule has 0 unspecified atom stereocenters. The molecule has 0 radical (unpaired) electrons. The molecule has 5 nitrogen and oxygen atoms in total. The van der Waals surface area contributed by atoms with Gasteiger partial charge in [0.15, 0.2) is 0 Å². The van der Waals surface area contributed by atoms with Crippen molar-refractivity contribution in [3.8, 4) is 0 Å². The van der Waals surface area contributed by atoms with E-state index >= 15 is 0 Å². The van der Waals surface area contributed by atoms with Crippen LogP contribution in [0.5, 0.6) is 0 Å². The van der Waals surface area contributed by atoms with Gasteiger partial charge in [0.05, 0.1) is 12.2 Å². The number of anilines is 1. The van der Waals surface area contributed by atoms with Crippen LogP contribution in [0.4, 0.5) is 5.95 Å². The van der Waals surface area contributed by atoms with Gasteiger partial charge in [0, 0.05) is 29.8 Å². The minimum Gasteiger partial charge on any atom is -0.368 e. The first kappa shape index (κ1) is 14.8. The molecule has 0 atom stereocenters. The molecule has 1 amide bonds. The van der Waals surface area contributed by atoms with Gasteiger partial charge in [-0.15, -0.1) is 11.8 Å². The Hall–Kier alpha value is -2.08. The van der Waals surface area contributed by atoms with Crippen LogP contribution in [-0.2, 0) is 17.8 Å². The molecule has 1 aliphatic rings. The number of nitrogens with two attached hydrogens (primary N) is 1. The Bertz CT molecular complexity index is 662. The Kier molecular flexibility index (Phi) is 4.58. The second kappa shape index (κ2) is 6.79. The lowest BCUT2D eigenvalue weighted by Crippen LogP contribution is -2.36. The zero-order valence-electron chi connectivity index (χ0n) is 12.2. The summed E-state index contributed by atoms with van der Waals surface area (Å²) in [6.07, 6.45) is 3.10. The highest BCUT2D eigenvalue weighted by Crippen LogP contribution is 2.20. The van der Waals surface area contributed by atoms with Crippen molar-refractivity contribution < 1.29 is 4.79 Å². The number of benzene rings is 1. The van der Waals surface area contributed by atoms with Gasteiger partial charge in [-0.3, -0.25) is 4.79 Å². The van der Waals surface area contributed by atoms with Crippen molar-refractivity contribution in [2.45, 2.75) is 24.3 Å². The van der Waals surface area contributed by atoms with Crippen molar-refractivity contribution >= 4 is 23.6 Å². The quantitative estimate of drug-likeness (QED) is 0.875. The molecule has 0 fully saturated rings. The summed E-state index contributed by atoms with van der Waals surface area (Å²) in [6.45, 7) is 1.27. The first-order valence-electron chi connectivity index (χ1n) is 7.28. The number of hydrogen-bond donors (Lipinski definition) is 1. The molecule has 1 aromatic carbocycles. The van der Waals surface area contributed by atoms with Crippen LogP contribution in [0, 0.1) is 0 Å². The predicted molar refractivity (Wildman–Crippen MR) is 87.3 cm³/mol. The van der Waals surface area contributed by atoms with Crippen LogP contribution in [0.2, 0.25) is 0 Å². The second-order valence-corrected chi connectivity index (χ2v) is 6.35. The fourth-order valence-corrected chi connectivity index (χ4v) is 3.32. The van der Waals surface area contributed by atoms with Gasteiger partial charge in [-0.1, -0.05) is 18.2 Å². The minimum absolute atomic E-state index is 0.172. The number of fused-ring (bicyclic) bond motifs is 1. The van der Waals surface area contributed by atoms with Crippen molar-refractivity contribution in [2.24, 2.45) is 0 Å². The first-order valence-corrected chi connectivity index (χ1v) is 8.27. The lowest BCUT2D eigenvalue weighted by atomic mass is 10.1. The van der Waals surface area contributed by atoms with Gasteiger partial charge >= 0.3 is 0 Å². The van der Waals surface area contributed by atoms with E-state index in [-0.39, 0.29) is 11.9 Å². The van der Waals surface area contributed by atoms with E-state index in [1.807, 2.05) is 23.1 Å². The molecular weight excluding hydrogens is 296 g/mol. The van der Waals surface area contributed by atoms with Crippen molar-refractivity contribution in [2.75, 3.05) is 18.0 Å². The number of nitrogens with zero attached hydrogens (tertiary/aromatic N) is 3. The fourth-order valence-electron chi connectivity index (χ4n) is 2.46. The molecule has 2 heterocycles. The lowest BCUT2D eigenvalue weighted by Gasteiger charge is -2.28. The van der Waals surface area contributed by atoms with E-state index in [2.05, 4.69) is 22.1 Å². The standard InChI is InChI=1S/C16H18N4OS/c17-16-18-10-12-6-8-20(11-14(12)19-16)15(21)7-9-22-13-4-2-1-3-5-13/h1-5,10H,6-9,11H2,(H2,17,18,19). The highest BCUT2D eigenvalue weighted by molar-refractivity contribution is 7.99. The van der Waals surface area contributed by atoms with Crippen LogP contribution in [0.15, 0.2) is 41.4 Å². The molecule has 3 rings (SSSR count). The summed E-state index contributed by atoms with van der Waals surface area (Å²) in [5.74, 6) is 1.23. The number of hydrogen-bond acceptors (Lipinski definition) is 5. The number of thioether (sulfide) groups is 1. The van der Waals surface area contributed by atoms with Gasteiger partial charge in [0.25, 0.3) is 0 Å². The maximum Gasteiger partial charge on any atom is 0.223 e. The molecule has 2 N–H and O–H groups in total. The van der Waals surface area contributed by atoms with Gasteiger partial charge in [-0.25, -0.2) is 9.97 Å². The molecule has 1 aromatic heterocycles. The normalized spacial score (nSPS) is 13.7. The maximum atomic E-state index is 12.3. The van der Waals surface area contributed by atoms with Crippen LogP contribution in [0.3, 0.4) is 0 Å². The monoisotopic (exact) mass is 314 g/mol. The zero-order chi connectivity index (χ0) is 15.4. The average Bonchev–Trinajstić information content (AvgIpc) is 2.55. The summed E-state index contributed by atoms with van der Waals surface area (Å²) in [5.41, 5.74) is 7.59. The Balaban J connectivity index is 1.53. The van der Waals surface area contributed by atoms with Crippen molar-refractivity contribution in [3.05, 3.63) is 47.8 Å². The van der Waals surface area contributed by atoms with Gasteiger partial charge in [0.1, 0.15) is 0 Å². The van der Waals surface area contributed by atoms with Crippen LogP contribution < -0.4 is 5.73 Å². The number of amides is 1. The van der Waals surface area contributed by atoms with Crippen LogP contribution >= 0.6 is 11.8 Å². The SMILES string of the molecule is Nc1ncc2c(n1)CN(C(=O)CCSc1ccccc1)CC2. The highest BCUT2D eigenvalue weighted by Gasteiger charge is 2.21. The van der Waals surface area contributed by atoms with Crippen molar-refractivity contribution in [1.29, 1.82) is 0 Å². The Morgan fingerprint density at radius 1 is 1.32 bits per heavy atom. The summed E-state index contributed by atoms with van der Waals surface area (Å²) < 4.78 is 0. The molecule has 0 spiro atoms. The van der Waals surface area contributed by atoms with Gasteiger partial charge in [0.2, 0.25) is 11.9 Å². The van der Waals surface area contributed by atoms with Crippen molar-refractivity contribution in [3.63, 3.8) is 0 Å². The number of rotatable bonds is 4. The fraction of sp³-hybridized carbons (Fsp3) is 0.312. The lowest BCUT2D eigenvalue weighted by molar-refractivity contribution is -0.131. The van der Waals surface area contributed by atoms with Gasteiger partial charge in [-0.05, 0) is 24.1 Å². The maximum absolute atomic E-state index is 12.3. The molecule has 0 aliphatic carbocycles. The summed E-state index contributed by atoms with van der Waals surface area (Å²) in [7, 11) is 0. The van der Waals surface area contributed by atoms with Crippen molar-refractivity contribution in [1.82, 2.24) is 14.9 Å². The molecular formula is C16H18N4OS. The number of nitrogen functional groups attached to an aromatic ring is 1. The third-order valence-electron chi connectivity index (χ3n) is 3.65. The predicted octanol–water partition coefficient (Wildman–Crippen LogP) is 2.13. The van der Waals surface area contributed by atoms with Crippen LogP contribution in [0.25, 0.3) is 0 Å². The highest BCUT2D eigenvalue weighted by atomic mass is 32.2.